The van der Waals surface area contributed by atoms with Gasteiger partial charge in [0, 0.05) is 10.9 Å². The second-order valence-corrected chi connectivity index (χ2v) is 6.52. The summed E-state index contributed by atoms with van der Waals surface area (Å²) in [6, 6.07) is 15.6. The van der Waals surface area contributed by atoms with Crippen molar-refractivity contribution in [2.75, 3.05) is 0 Å². The van der Waals surface area contributed by atoms with Gasteiger partial charge < -0.3 is 10.2 Å². The number of halogens is 1. The summed E-state index contributed by atoms with van der Waals surface area (Å²) < 4.78 is 14.6. The molecule has 2 N–H and O–H groups in total. The molecule has 0 aliphatic heterocycles. The molecule has 1 aliphatic carbocycles. The summed E-state index contributed by atoms with van der Waals surface area (Å²) in [5, 5.41) is 23.5. The highest BCUT2D eigenvalue weighted by atomic mass is 19.1. The molecule has 0 fully saturated rings. The zero-order valence-electron chi connectivity index (χ0n) is 13.0. The summed E-state index contributed by atoms with van der Waals surface area (Å²) in [5.41, 5.74) is -0.433. The fraction of sp³-hybridized carbons (Fsp3) is 0.200. The van der Waals surface area contributed by atoms with Gasteiger partial charge in [0.05, 0.1) is 0 Å². The van der Waals surface area contributed by atoms with Crippen LogP contribution in [0.5, 0.6) is 0 Å². The molecule has 0 radical (unpaired) electrons. The van der Waals surface area contributed by atoms with Crippen LogP contribution in [-0.2, 0) is 11.2 Å². The molecule has 0 saturated carbocycles. The van der Waals surface area contributed by atoms with E-state index in [0.29, 0.717) is 33.0 Å². The standard InChI is InChI=1S/C20H17FO2/c1-19(22)14-9-5-6-10-15(14)20(2,23)18-13-8-4-3-7-12(13)17(21)11-16(18)19/h3-11,22-23H,1-2H3. The van der Waals surface area contributed by atoms with Crippen LogP contribution in [0.15, 0.2) is 54.6 Å². The molecule has 116 valence electrons. The maximum Gasteiger partial charge on any atom is 0.131 e. The van der Waals surface area contributed by atoms with E-state index in [1.165, 1.54) is 6.07 Å². The fourth-order valence-corrected chi connectivity index (χ4v) is 3.85. The molecule has 0 amide bonds. The Labute approximate surface area is 133 Å². The lowest BCUT2D eigenvalue weighted by Gasteiger charge is -2.42. The Hall–Kier alpha value is -2.23. The molecule has 0 bridgehead atoms. The average molecular weight is 308 g/mol. The minimum absolute atomic E-state index is 0.394. The molecular weight excluding hydrogens is 291 g/mol. The van der Waals surface area contributed by atoms with Crippen LogP contribution in [0.4, 0.5) is 4.39 Å². The van der Waals surface area contributed by atoms with Crippen LogP contribution in [0.3, 0.4) is 0 Å². The molecule has 0 heterocycles. The van der Waals surface area contributed by atoms with Crippen LogP contribution in [0.2, 0.25) is 0 Å². The lowest BCUT2D eigenvalue weighted by atomic mass is 9.67. The van der Waals surface area contributed by atoms with Crippen molar-refractivity contribution < 1.29 is 14.6 Å². The summed E-state index contributed by atoms with van der Waals surface area (Å²) in [6.07, 6.45) is 0. The van der Waals surface area contributed by atoms with Crippen molar-refractivity contribution in [2.24, 2.45) is 0 Å². The van der Waals surface area contributed by atoms with Crippen LogP contribution >= 0.6 is 0 Å². The summed E-state index contributed by atoms with van der Waals surface area (Å²) in [5.74, 6) is -0.394. The molecule has 23 heavy (non-hydrogen) atoms. The number of aliphatic hydroxyl groups is 2. The van der Waals surface area contributed by atoms with Crippen molar-refractivity contribution in [2.45, 2.75) is 25.0 Å². The van der Waals surface area contributed by atoms with E-state index in [9.17, 15) is 14.6 Å². The highest BCUT2D eigenvalue weighted by molar-refractivity contribution is 5.90. The Bertz CT molecular complexity index is 942. The SMILES string of the molecule is CC1(O)c2ccccc2C(C)(O)c2c1cc(F)c1ccccc21. The highest BCUT2D eigenvalue weighted by Gasteiger charge is 2.45. The van der Waals surface area contributed by atoms with E-state index >= 15 is 0 Å². The van der Waals surface area contributed by atoms with Crippen molar-refractivity contribution in [1.82, 2.24) is 0 Å². The molecule has 1 aliphatic rings. The van der Waals surface area contributed by atoms with Crippen LogP contribution in [-0.4, -0.2) is 10.2 Å². The van der Waals surface area contributed by atoms with Crippen molar-refractivity contribution >= 4 is 10.8 Å². The number of fused-ring (bicyclic) bond motifs is 4. The number of hydrogen-bond acceptors (Lipinski definition) is 2. The van der Waals surface area contributed by atoms with E-state index in [4.69, 9.17) is 0 Å². The molecule has 2 atom stereocenters. The summed E-state index contributed by atoms with van der Waals surface area (Å²) >= 11 is 0. The van der Waals surface area contributed by atoms with Gasteiger partial charge in [-0.3, -0.25) is 0 Å². The van der Waals surface area contributed by atoms with Crippen molar-refractivity contribution in [3.8, 4) is 0 Å². The second-order valence-electron chi connectivity index (χ2n) is 6.52. The molecule has 0 spiro atoms. The monoisotopic (exact) mass is 308 g/mol. The van der Waals surface area contributed by atoms with Gasteiger partial charge in [-0.05, 0) is 42.0 Å². The maximum absolute atomic E-state index is 14.6. The molecule has 2 nitrogen and oxygen atoms in total. The number of hydrogen-bond donors (Lipinski definition) is 2. The Morgan fingerprint density at radius 2 is 1.26 bits per heavy atom. The summed E-state index contributed by atoms with van der Waals surface area (Å²) in [6.45, 7) is 3.35. The second kappa shape index (κ2) is 4.40. The van der Waals surface area contributed by atoms with Crippen LogP contribution in [0.25, 0.3) is 10.8 Å². The van der Waals surface area contributed by atoms with Crippen LogP contribution in [0.1, 0.15) is 36.1 Å². The van der Waals surface area contributed by atoms with Gasteiger partial charge in [0.15, 0.2) is 0 Å². The highest BCUT2D eigenvalue weighted by Crippen LogP contribution is 2.50. The van der Waals surface area contributed by atoms with E-state index < -0.39 is 17.0 Å². The Morgan fingerprint density at radius 3 is 1.91 bits per heavy atom. The minimum Gasteiger partial charge on any atom is -0.381 e. The van der Waals surface area contributed by atoms with E-state index in [-0.39, 0.29) is 0 Å². The van der Waals surface area contributed by atoms with Crippen molar-refractivity contribution in [1.29, 1.82) is 0 Å². The van der Waals surface area contributed by atoms with E-state index in [1.54, 1.807) is 38.1 Å². The first-order valence-corrected chi connectivity index (χ1v) is 7.62. The Kier molecular flexibility index (Phi) is 2.75. The summed E-state index contributed by atoms with van der Waals surface area (Å²) in [4.78, 5) is 0. The van der Waals surface area contributed by atoms with Gasteiger partial charge in [-0.25, -0.2) is 4.39 Å². The molecular formula is C20H17FO2. The molecule has 0 aromatic heterocycles. The van der Waals surface area contributed by atoms with Gasteiger partial charge in [0.1, 0.15) is 17.0 Å². The maximum atomic E-state index is 14.6. The first-order chi connectivity index (χ1) is 10.8. The third kappa shape index (κ3) is 1.75. The topological polar surface area (TPSA) is 40.5 Å². The largest absolute Gasteiger partial charge is 0.381 e. The van der Waals surface area contributed by atoms with Gasteiger partial charge in [-0.2, -0.15) is 0 Å². The minimum atomic E-state index is -1.36. The first kappa shape index (κ1) is 14.4. The molecule has 3 aromatic rings. The van der Waals surface area contributed by atoms with Gasteiger partial charge >= 0.3 is 0 Å². The molecule has 0 saturated heterocycles. The zero-order valence-corrected chi connectivity index (χ0v) is 13.0. The van der Waals surface area contributed by atoms with E-state index in [2.05, 4.69) is 0 Å². The van der Waals surface area contributed by atoms with Crippen molar-refractivity contribution in [3.63, 3.8) is 0 Å². The normalized spacial score (nSPS) is 26.0. The quantitative estimate of drug-likeness (QED) is 0.663. The molecule has 3 heteroatoms. The van der Waals surface area contributed by atoms with Crippen molar-refractivity contribution in [3.05, 3.63) is 82.7 Å². The summed E-state index contributed by atoms with van der Waals surface area (Å²) in [7, 11) is 0. The third-order valence-electron chi connectivity index (χ3n) is 4.98. The molecule has 4 rings (SSSR count). The van der Waals surface area contributed by atoms with Gasteiger partial charge in [0.2, 0.25) is 0 Å². The molecule has 2 unspecified atom stereocenters. The third-order valence-corrected chi connectivity index (χ3v) is 4.98. The van der Waals surface area contributed by atoms with Crippen LogP contribution in [0, 0.1) is 5.82 Å². The Balaban J connectivity index is 2.22. The Morgan fingerprint density at radius 1 is 0.739 bits per heavy atom. The molecule has 3 aromatic carbocycles. The lowest BCUT2D eigenvalue weighted by Crippen LogP contribution is -2.40. The van der Waals surface area contributed by atoms with E-state index in [1.807, 2.05) is 24.3 Å². The predicted molar refractivity (Wildman–Crippen MR) is 87.7 cm³/mol. The average Bonchev–Trinajstić information content (AvgIpc) is 2.53. The predicted octanol–water partition coefficient (Wildman–Crippen LogP) is 3.80. The van der Waals surface area contributed by atoms with Crippen LogP contribution < -0.4 is 0 Å². The van der Waals surface area contributed by atoms with Gasteiger partial charge in [0.25, 0.3) is 0 Å². The number of benzene rings is 3. The smallest absolute Gasteiger partial charge is 0.131 e. The van der Waals surface area contributed by atoms with Gasteiger partial charge in [-0.15, -0.1) is 0 Å². The van der Waals surface area contributed by atoms with E-state index in [0.717, 1.165) is 0 Å². The number of rotatable bonds is 0. The zero-order chi connectivity index (χ0) is 16.4. The first-order valence-electron chi connectivity index (χ1n) is 7.62. The fourth-order valence-electron chi connectivity index (χ4n) is 3.85. The lowest BCUT2D eigenvalue weighted by molar-refractivity contribution is 0.0519. The van der Waals surface area contributed by atoms with Gasteiger partial charge in [-0.1, -0.05) is 48.5 Å².